The highest BCUT2D eigenvalue weighted by molar-refractivity contribution is 7.19. The normalized spacial score (nSPS) is 11.2. The van der Waals surface area contributed by atoms with E-state index in [9.17, 15) is 0 Å². The van der Waals surface area contributed by atoms with Crippen molar-refractivity contribution in [3.8, 4) is 0 Å². The summed E-state index contributed by atoms with van der Waals surface area (Å²) in [7, 11) is 0. The predicted molar refractivity (Wildman–Crippen MR) is 69.1 cm³/mol. The second-order valence-corrected chi connectivity index (χ2v) is 5.38. The SMILES string of the molecule is Cc1sc2c(C)ccc(Cl)c2c1CCN. The van der Waals surface area contributed by atoms with Gasteiger partial charge in [0, 0.05) is 20.0 Å². The Morgan fingerprint density at radius 1 is 1.33 bits per heavy atom. The summed E-state index contributed by atoms with van der Waals surface area (Å²) in [6, 6.07) is 4.05. The first-order chi connectivity index (χ1) is 7.15. The summed E-state index contributed by atoms with van der Waals surface area (Å²) >= 11 is 8.07. The molecule has 1 heterocycles. The van der Waals surface area contributed by atoms with E-state index < -0.39 is 0 Å². The van der Waals surface area contributed by atoms with E-state index in [0.717, 1.165) is 11.4 Å². The molecule has 0 spiro atoms. The molecule has 0 fully saturated rings. The maximum Gasteiger partial charge on any atom is 0.0495 e. The Bertz CT molecular complexity index is 502. The second kappa shape index (κ2) is 4.12. The van der Waals surface area contributed by atoms with Gasteiger partial charge in [-0.2, -0.15) is 0 Å². The van der Waals surface area contributed by atoms with Gasteiger partial charge >= 0.3 is 0 Å². The van der Waals surface area contributed by atoms with Crippen LogP contribution in [0.3, 0.4) is 0 Å². The standard InChI is InChI=1S/C12H14ClNS/c1-7-3-4-10(13)11-9(5-6-14)8(2)15-12(7)11/h3-4H,5-6,14H2,1-2H3. The van der Waals surface area contributed by atoms with E-state index in [-0.39, 0.29) is 0 Å². The number of hydrogen-bond donors (Lipinski definition) is 1. The van der Waals surface area contributed by atoms with Gasteiger partial charge in [-0.3, -0.25) is 0 Å². The van der Waals surface area contributed by atoms with Crippen molar-refractivity contribution < 1.29 is 0 Å². The lowest BCUT2D eigenvalue weighted by atomic mass is 10.1. The van der Waals surface area contributed by atoms with Crippen molar-refractivity contribution in [3.05, 3.63) is 33.2 Å². The summed E-state index contributed by atoms with van der Waals surface area (Å²) in [6.07, 6.45) is 0.912. The molecule has 1 aromatic carbocycles. The smallest absolute Gasteiger partial charge is 0.0495 e. The molecule has 80 valence electrons. The minimum atomic E-state index is 0.678. The van der Waals surface area contributed by atoms with E-state index >= 15 is 0 Å². The summed E-state index contributed by atoms with van der Waals surface area (Å²) in [5.74, 6) is 0. The van der Waals surface area contributed by atoms with Gasteiger partial charge in [0.15, 0.2) is 0 Å². The molecular formula is C12H14ClNS. The summed E-state index contributed by atoms with van der Waals surface area (Å²) < 4.78 is 1.31. The number of benzene rings is 1. The molecule has 0 amide bonds. The molecule has 0 aliphatic rings. The van der Waals surface area contributed by atoms with Crippen LogP contribution in [-0.4, -0.2) is 6.54 Å². The van der Waals surface area contributed by atoms with Crippen LogP contribution in [0.5, 0.6) is 0 Å². The van der Waals surface area contributed by atoms with Gasteiger partial charge in [-0.15, -0.1) is 11.3 Å². The monoisotopic (exact) mass is 239 g/mol. The number of rotatable bonds is 2. The topological polar surface area (TPSA) is 26.0 Å². The molecule has 2 aromatic rings. The summed E-state index contributed by atoms with van der Waals surface area (Å²) in [6.45, 7) is 4.95. The molecule has 1 nitrogen and oxygen atoms in total. The molecular weight excluding hydrogens is 226 g/mol. The largest absolute Gasteiger partial charge is 0.330 e. The zero-order valence-corrected chi connectivity index (χ0v) is 10.5. The van der Waals surface area contributed by atoms with Crippen LogP contribution in [0.2, 0.25) is 5.02 Å². The fraction of sp³-hybridized carbons (Fsp3) is 0.333. The quantitative estimate of drug-likeness (QED) is 0.850. The molecule has 0 bridgehead atoms. The zero-order chi connectivity index (χ0) is 11.0. The third-order valence-electron chi connectivity index (χ3n) is 2.68. The van der Waals surface area contributed by atoms with Crippen molar-refractivity contribution in [3.63, 3.8) is 0 Å². The third kappa shape index (κ3) is 1.78. The maximum atomic E-state index is 6.25. The first kappa shape index (κ1) is 10.9. The molecule has 0 aliphatic carbocycles. The van der Waals surface area contributed by atoms with Gasteiger partial charge in [0.1, 0.15) is 0 Å². The lowest BCUT2D eigenvalue weighted by Gasteiger charge is -2.02. The molecule has 2 N–H and O–H groups in total. The molecule has 0 atom stereocenters. The Kier molecular flexibility index (Phi) is 3.01. The Labute approximate surface area is 98.9 Å². The number of fused-ring (bicyclic) bond motifs is 1. The van der Waals surface area contributed by atoms with Crippen LogP contribution in [0.15, 0.2) is 12.1 Å². The van der Waals surface area contributed by atoms with E-state index in [4.69, 9.17) is 17.3 Å². The Balaban J connectivity index is 2.79. The van der Waals surface area contributed by atoms with Crippen LogP contribution in [0.1, 0.15) is 16.0 Å². The van der Waals surface area contributed by atoms with Crippen molar-refractivity contribution in [1.29, 1.82) is 0 Å². The molecule has 15 heavy (non-hydrogen) atoms. The van der Waals surface area contributed by atoms with E-state index in [2.05, 4.69) is 19.9 Å². The van der Waals surface area contributed by atoms with E-state index in [1.807, 2.05) is 17.4 Å². The predicted octanol–water partition coefficient (Wildman–Crippen LogP) is 3.67. The van der Waals surface area contributed by atoms with Crippen molar-refractivity contribution in [2.24, 2.45) is 5.73 Å². The van der Waals surface area contributed by atoms with E-state index in [1.165, 1.54) is 26.1 Å². The zero-order valence-electron chi connectivity index (χ0n) is 8.93. The molecule has 2 rings (SSSR count). The fourth-order valence-corrected chi connectivity index (χ4v) is 3.44. The van der Waals surface area contributed by atoms with Crippen molar-refractivity contribution in [1.82, 2.24) is 0 Å². The second-order valence-electron chi connectivity index (χ2n) is 3.74. The van der Waals surface area contributed by atoms with Gasteiger partial charge in [0.25, 0.3) is 0 Å². The first-order valence-electron chi connectivity index (χ1n) is 5.02. The average Bonchev–Trinajstić information content (AvgIpc) is 2.53. The van der Waals surface area contributed by atoms with Gasteiger partial charge < -0.3 is 5.73 Å². The third-order valence-corrected chi connectivity index (χ3v) is 4.28. The highest BCUT2D eigenvalue weighted by atomic mass is 35.5. The summed E-state index contributed by atoms with van der Waals surface area (Å²) in [5, 5.41) is 2.06. The van der Waals surface area contributed by atoms with Gasteiger partial charge in [-0.1, -0.05) is 17.7 Å². The number of thiophene rings is 1. The van der Waals surface area contributed by atoms with Crippen molar-refractivity contribution in [2.75, 3.05) is 6.54 Å². The summed E-state index contributed by atoms with van der Waals surface area (Å²) in [4.78, 5) is 1.34. The van der Waals surface area contributed by atoms with E-state index in [1.54, 1.807) is 0 Å². The highest BCUT2D eigenvalue weighted by Gasteiger charge is 2.12. The van der Waals surface area contributed by atoms with Crippen LogP contribution in [0.25, 0.3) is 10.1 Å². The van der Waals surface area contributed by atoms with Crippen LogP contribution in [-0.2, 0) is 6.42 Å². The van der Waals surface area contributed by atoms with Crippen LogP contribution < -0.4 is 5.73 Å². The van der Waals surface area contributed by atoms with Crippen molar-refractivity contribution in [2.45, 2.75) is 20.3 Å². The van der Waals surface area contributed by atoms with Crippen LogP contribution in [0.4, 0.5) is 0 Å². The molecule has 3 heteroatoms. The Morgan fingerprint density at radius 2 is 2.07 bits per heavy atom. The van der Waals surface area contributed by atoms with Gasteiger partial charge in [0.05, 0.1) is 0 Å². The number of halogens is 1. The molecule has 0 saturated carbocycles. The number of nitrogens with two attached hydrogens (primary N) is 1. The Hall–Kier alpha value is -0.570. The van der Waals surface area contributed by atoms with E-state index in [0.29, 0.717) is 6.54 Å². The van der Waals surface area contributed by atoms with Crippen molar-refractivity contribution >= 4 is 33.0 Å². The lowest BCUT2D eigenvalue weighted by molar-refractivity contribution is 0.974. The molecule has 0 unspecified atom stereocenters. The molecule has 0 aliphatic heterocycles. The number of aryl methyl sites for hydroxylation is 2. The fourth-order valence-electron chi connectivity index (χ4n) is 1.91. The minimum Gasteiger partial charge on any atom is -0.330 e. The average molecular weight is 240 g/mol. The minimum absolute atomic E-state index is 0.678. The molecule has 1 aromatic heterocycles. The van der Waals surface area contributed by atoms with Gasteiger partial charge in [-0.05, 0) is 44.0 Å². The maximum absolute atomic E-state index is 6.25. The van der Waals surface area contributed by atoms with Crippen LogP contribution in [0, 0.1) is 13.8 Å². The lowest BCUT2D eigenvalue weighted by Crippen LogP contribution is -2.03. The summed E-state index contributed by atoms with van der Waals surface area (Å²) in [5.41, 5.74) is 8.25. The van der Waals surface area contributed by atoms with Gasteiger partial charge in [0.2, 0.25) is 0 Å². The first-order valence-corrected chi connectivity index (χ1v) is 6.21. The Morgan fingerprint density at radius 3 is 2.73 bits per heavy atom. The number of hydrogen-bond acceptors (Lipinski definition) is 2. The highest BCUT2D eigenvalue weighted by Crippen LogP contribution is 2.37. The molecule has 0 saturated heterocycles. The van der Waals surface area contributed by atoms with Crippen LogP contribution >= 0.6 is 22.9 Å². The molecule has 0 radical (unpaired) electrons. The van der Waals surface area contributed by atoms with Gasteiger partial charge in [-0.25, -0.2) is 0 Å².